The molecule has 0 radical (unpaired) electrons. The van der Waals surface area contributed by atoms with Crippen molar-refractivity contribution in [3.63, 3.8) is 0 Å². The molecule has 0 saturated heterocycles. The van der Waals surface area contributed by atoms with Crippen molar-refractivity contribution in [3.8, 4) is 33.8 Å². The van der Waals surface area contributed by atoms with Gasteiger partial charge in [0.05, 0.1) is 12.7 Å². The van der Waals surface area contributed by atoms with Crippen molar-refractivity contribution in [2.24, 2.45) is 14.1 Å². The van der Waals surface area contributed by atoms with Gasteiger partial charge in [0.15, 0.2) is 0 Å². The van der Waals surface area contributed by atoms with Crippen LogP contribution in [0.15, 0.2) is 79.8 Å². The molecule has 0 aliphatic carbocycles. The zero-order chi connectivity index (χ0) is 24.5. The molecule has 5 rings (SSSR count). The zero-order valence-corrected chi connectivity index (χ0v) is 22.6. The van der Waals surface area contributed by atoms with Crippen LogP contribution >= 0.6 is 9.58 Å². The molecule has 3 heterocycles. The smallest absolute Gasteiger partial charge is 0.0160 e. The van der Waals surface area contributed by atoms with E-state index in [9.17, 15) is 0 Å². The third-order valence-corrected chi connectivity index (χ3v) is 5.04. The molecule has 0 saturated carbocycles. The van der Waals surface area contributed by atoms with Crippen LogP contribution in [-0.2, 0) is 32.0 Å². The van der Waals surface area contributed by atoms with Crippen molar-refractivity contribution in [2.75, 3.05) is 0 Å². The number of nitrogens with zero attached hydrogens (tertiary/aromatic N) is 5. The summed E-state index contributed by atoms with van der Waals surface area (Å²) in [6.45, 7) is 4.19. The van der Waals surface area contributed by atoms with Crippen molar-refractivity contribution < 1.29 is 17.9 Å². The van der Waals surface area contributed by atoms with Crippen LogP contribution < -0.4 is 0 Å². The van der Waals surface area contributed by atoms with Crippen LogP contribution in [0.2, 0.25) is 0 Å². The van der Waals surface area contributed by atoms with Crippen molar-refractivity contribution in [1.82, 2.24) is 24.1 Å². The molecule has 0 aliphatic heterocycles. The van der Waals surface area contributed by atoms with E-state index in [-0.39, 0.29) is 0 Å². The molecule has 7 heteroatoms. The predicted molar refractivity (Wildman–Crippen MR) is 134 cm³/mol. The summed E-state index contributed by atoms with van der Waals surface area (Å²) in [6, 6.07) is 22.5. The maximum atomic E-state index is 4.64. The van der Waals surface area contributed by atoms with Crippen LogP contribution in [0, 0.1) is 26.0 Å². The van der Waals surface area contributed by atoms with Gasteiger partial charge in [0.25, 0.3) is 0 Å². The second kappa shape index (κ2) is 12.4. The summed E-state index contributed by atoms with van der Waals surface area (Å²) in [5.41, 5.74) is 8.34. The zero-order valence-electron chi connectivity index (χ0n) is 19.5. The second-order valence-electron chi connectivity index (χ2n) is 7.73. The molecule has 5 nitrogen and oxygen atoms in total. The maximum absolute atomic E-state index is 4.64. The number of aromatic nitrogens is 5. The number of halogens is 1. The number of pyridine rings is 1. The number of aryl methyl sites for hydroxylation is 4. The van der Waals surface area contributed by atoms with Crippen LogP contribution in [0.4, 0.5) is 0 Å². The Morgan fingerprint density at radius 3 is 1.79 bits per heavy atom. The van der Waals surface area contributed by atoms with E-state index < -0.39 is 0 Å². The maximum Gasteiger partial charge on any atom is 0.0160 e. The summed E-state index contributed by atoms with van der Waals surface area (Å²) in [5.74, 6) is 0. The Balaban J connectivity index is 0.000000197. The van der Waals surface area contributed by atoms with Crippen molar-refractivity contribution in [3.05, 3.63) is 103 Å². The molecule has 0 aliphatic rings. The van der Waals surface area contributed by atoms with Crippen LogP contribution in [-0.4, -0.2) is 24.1 Å². The van der Waals surface area contributed by atoms with Crippen LogP contribution in [0.1, 0.15) is 11.1 Å². The van der Waals surface area contributed by atoms with E-state index in [2.05, 4.69) is 56.6 Å². The summed E-state index contributed by atoms with van der Waals surface area (Å²) in [7, 11) is 8.58. The summed E-state index contributed by atoms with van der Waals surface area (Å²) in [6.07, 6.45) is 9.43. The summed E-state index contributed by atoms with van der Waals surface area (Å²) < 4.78 is 3.89. The normalized spacial score (nSPS) is 10.1. The SMILES string of the molecule is Cc1cc(C)c(-c2cn(C)cn2)[c-]c1-c1cn(C)cn1.[Cl][Ir+2].[c-]1ccccc1-c1ccccn1. The Kier molecular flexibility index (Phi) is 9.34. The first-order valence-corrected chi connectivity index (χ1v) is 13.5. The third-order valence-electron chi connectivity index (χ3n) is 5.04. The van der Waals surface area contributed by atoms with Crippen molar-refractivity contribution in [1.29, 1.82) is 0 Å². The van der Waals surface area contributed by atoms with Crippen LogP contribution in [0.5, 0.6) is 0 Å². The van der Waals surface area contributed by atoms with Crippen LogP contribution in [0.25, 0.3) is 33.8 Å². The molecule has 174 valence electrons. The molecule has 34 heavy (non-hydrogen) atoms. The van der Waals surface area contributed by atoms with Gasteiger partial charge in [-0.3, -0.25) is 9.97 Å². The average molecular weight is 647 g/mol. The first-order chi connectivity index (χ1) is 16.5. The predicted octanol–water partition coefficient (Wildman–Crippen LogP) is 6.14. The summed E-state index contributed by atoms with van der Waals surface area (Å²) in [4.78, 5) is 13.1. The molecule has 0 N–H and O–H groups in total. The Bertz CT molecular complexity index is 1210. The molecule has 2 aromatic carbocycles. The number of imidazole rings is 2. The second-order valence-corrected chi connectivity index (χ2v) is 7.73. The number of hydrogen-bond donors (Lipinski definition) is 0. The molecule has 0 fully saturated rings. The largest absolute Gasteiger partial charge is 0.305 e. The van der Waals surface area contributed by atoms with E-state index in [1.54, 1.807) is 6.20 Å². The fourth-order valence-electron chi connectivity index (χ4n) is 3.48. The Morgan fingerprint density at radius 1 is 0.765 bits per heavy atom. The van der Waals surface area contributed by atoms with E-state index in [1.165, 1.54) is 29.0 Å². The van der Waals surface area contributed by atoms with Gasteiger partial charge < -0.3 is 14.1 Å². The topological polar surface area (TPSA) is 48.5 Å². The van der Waals surface area contributed by atoms with E-state index in [0.29, 0.717) is 0 Å². The standard InChI is InChI=1S/C16H17N4.C11H8N.ClH.Ir/c1-11-5-12(2)14(16-8-20(4)10-18-16)6-13(11)15-7-19(3)9-17-15;1-2-6-10(7-3-1)11-8-4-5-9-12-11;;/h5,7-10H,1-4H3;1-6,8-9H;1H;/q2*-1;;+3/p-1. The third kappa shape index (κ3) is 6.51. The molecular weight excluding hydrogens is 622 g/mol. The Morgan fingerprint density at radius 2 is 1.35 bits per heavy atom. The van der Waals surface area contributed by atoms with Gasteiger partial charge in [-0.05, 0) is 24.2 Å². The number of rotatable bonds is 3. The van der Waals surface area contributed by atoms with Gasteiger partial charge in [-0.25, -0.2) is 0 Å². The van der Waals surface area contributed by atoms with Gasteiger partial charge in [-0.1, -0.05) is 37.1 Å². The fourth-order valence-corrected chi connectivity index (χ4v) is 3.48. The first-order valence-electron chi connectivity index (χ1n) is 10.5. The van der Waals surface area contributed by atoms with Gasteiger partial charge in [0, 0.05) is 31.7 Å². The number of benzene rings is 2. The Hall–Kier alpha value is -3.05. The van der Waals surface area contributed by atoms with E-state index in [4.69, 9.17) is 0 Å². The minimum atomic E-state index is 0.946. The van der Waals surface area contributed by atoms with Gasteiger partial charge >= 0.3 is 27.5 Å². The molecule has 0 spiro atoms. The van der Waals surface area contributed by atoms with Crippen molar-refractivity contribution in [2.45, 2.75) is 13.8 Å². The molecule has 0 unspecified atom stereocenters. The van der Waals surface area contributed by atoms with Gasteiger partial charge in [-0.15, -0.1) is 59.2 Å². The molecular formula is C27H25ClIrN5. The van der Waals surface area contributed by atoms with Gasteiger partial charge in [0.2, 0.25) is 0 Å². The number of hydrogen-bond acceptors (Lipinski definition) is 3. The molecule has 5 aromatic rings. The van der Waals surface area contributed by atoms with E-state index in [0.717, 1.165) is 33.8 Å². The monoisotopic (exact) mass is 647 g/mol. The quantitative estimate of drug-likeness (QED) is 0.221. The van der Waals surface area contributed by atoms with Crippen LogP contribution in [0.3, 0.4) is 0 Å². The Labute approximate surface area is 215 Å². The first kappa shape index (κ1) is 25.6. The minimum absolute atomic E-state index is 0.946. The van der Waals surface area contributed by atoms with Gasteiger partial charge in [-0.2, -0.15) is 0 Å². The average Bonchev–Trinajstić information content (AvgIpc) is 3.50. The summed E-state index contributed by atoms with van der Waals surface area (Å²) >= 11 is 1.47. The summed E-state index contributed by atoms with van der Waals surface area (Å²) in [5, 5.41) is 0. The molecule has 0 bridgehead atoms. The van der Waals surface area contributed by atoms with Crippen molar-refractivity contribution >= 4 is 9.58 Å². The fraction of sp³-hybridized carbons (Fsp3) is 0.148. The van der Waals surface area contributed by atoms with E-state index in [1.807, 2.05) is 90.7 Å². The van der Waals surface area contributed by atoms with E-state index >= 15 is 0 Å². The molecule has 0 amide bonds. The molecule has 0 atom stereocenters. The molecule has 3 aromatic heterocycles. The van der Waals surface area contributed by atoms with Gasteiger partial charge in [0.1, 0.15) is 0 Å². The minimum Gasteiger partial charge on any atom is -0.305 e.